The van der Waals surface area contributed by atoms with Gasteiger partial charge in [-0.2, -0.15) is 0 Å². The average molecular weight is 292 g/mol. The van der Waals surface area contributed by atoms with Crippen LogP contribution in [0.5, 0.6) is 0 Å². The fourth-order valence-corrected chi connectivity index (χ4v) is 6.55. The van der Waals surface area contributed by atoms with E-state index in [0.717, 1.165) is 24.7 Å². The van der Waals surface area contributed by atoms with Gasteiger partial charge in [-0.15, -0.1) is 0 Å². The summed E-state index contributed by atoms with van der Waals surface area (Å²) in [6, 6.07) is 0. The molecule has 0 aromatic carbocycles. The molecule has 4 saturated carbocycles. The first kappa shape index (κ1) is 14.0. The monoisotopic (exact) mass is 292 g/mol. The van der Waals surface area contributed by atoms with Gasteiger partial charge < -0.3 is 9.84 Å². The van der Waals surface area contributed by atoms with Gasteiger partial charge in [-0.25, -0.2) is 0 Å². The van der Waals surface area contributed by atoms with Crippen molar-refractivity contribution < 1.29 is 14.6 Å². The fourth-order valence-electron chi connectivity index (χ4n) is 6.55. The number of esters is 1. The van der Waals surface area contributed by atoms with Crippen molar-refractivity contribution in [3.63, 3.8) is 0 Å². The Morgan fingerprint density at radius 3 is 2.52 bits per heavy atom. The van der Waals surface area contributed by atoms with E-state index in [1.165, 1.54) is 12.8 Å². The Hall–Kier alpha value is -0.570. The highest BCUT2D eigenvalue weighted by Gasteiger charge is 2.69. The van der Waals surface area contributed by atoms with Crippen LogP contribution in [0.3, 0.4) is 0 Å². The molecule has 21 heavy (non-hydrogen) atoms. The molecular formula is C18H28O3. The molecule has 4 aliphatic carbocycles. The second-order valence-corrected chi connectivity index (χ2v) is 9.34. The number of fused-ring (bicyclic) bond motifs is 9. The van der Waals surface area contributed by atoms with Crippen LogP contribution < -0.4 is 0 Å². The summed E-state index contributed by atoms with van der Waals surface area (Å²) < 4.78 is 5.73. The second kappa shape index (κ2) is 4.04. The summed E-state index contributed by atoms with van der Waals surface area (Å²) in [6.07, 6.45) is 4.29. The van der Waals surface area contributed by atoms with Crippen molar-refractivity contribution in [3.8, 4) is 0 Å². The molecule has 3 nitrogen and oxygen atoms in total. The number of hydrogen-bond donors (Lipinski definition) is 1. The summed E-state index contributed by atoms with van der Waals surface area (Å²) >= 11 is 0. The van der Waals surface area contributed by atoms with Crippen LogP contribution in [0.15, 0.2) is 0 Å². The largest absolute Gasteiger partial charge is 0.460 e. The van der Waals surface area contributed by atoms with E-state index in [4.69, 9.17) is 4.74 Å². The number of hydrogen-bond acceptors (Lipinski definition) is 3. The smallest absolute Gasteiger partial charge is 0.312 e. The molecule has 0 aromatic heterocycles. The van der Waals surface area contributed by atoms with Crippen molar-refractivity contribution in [3.05, 3.63) is 0 Å². The molecule has 1 N–H and O–H groups in total. The van der Waals surface area contributed by atoms with E-state index in [-0.39, 0.29) is 17.5 Å². The maximum Gasteiger partial charge on any atom is 0.312 e. The van der Waals surface area contributed by atoms with Crippen LogP contribution in [0.2, 0.25) is 0 Å². The van der Waals surface area contributed by atoms with E-state index >= 15 is 0 Å². The first-order valence-electron chi connectivity index (χ1n) is 8.62. The molecule has 0 amide bonds. The van der Waals surface area contributed by atoms with Gasteiger partial charge >= 0.3 is 5.97 Å². The average Bonchev–Trinajstić information content (AvgIpc) is 3.02. The molecule has 0 radical (unpaired) electrons. The van der Waals surface area contributed by atoms with Crippen molar-refractivity contribution in [2.75, 3.05) is 0 Å². The van der Waals surface area contributed by atoms with Gasteiger partial charge in [0.25, 0.3) is 0 Å². The van der Waals surface area contributed by atoms with Crippen LogP contribution >= 0.6 is 0 Å². The molecule has 0 unspecified atom stereocenters. The highest BCUT2D eigenvalue weighted by molar-refractivity contribution is 5.78. The lowest BCUT2D eigenvalue weighted by Gasteiger charge is -2.45. The van der Waals surface area contributed by atoms with Gasteiger partial charge in [-0.3, -0.25) is 4.79 Å². The summed E-state index contributed by atoms with van der Waals surface area (Å²) in [5, 5.41) is 10.3. The van der Waals surface area contributed by atoms with E-state index in [1.54, 1.807) is 0 Å². The van der Waals surface area contributed by atoms with E-state index in [9.17, 15) is 9.90 Å². The van der Waals surface area contributed by atoms with Gasteiger partial charge in [0.15, 0.2) is 0 Å². The minimum absolute atomic E-state index is 0.00165. The lowest BCUT2D eigenvalue weighted by Crippen LogP contribution is -2.47. The molecule has 0 aromatic rings. The Morgan fingerprint density at radius 2 is 1.86 bits per heavy atom. The quantitative estimate of drug-likeness (QED) is 0.597. The normalized spacial score (nSPS) is 54.0. The van der Waals surface area contributed by atoms with Gasteiger partial charge in [0.05, 0.1) is 11.5 Å². The first-order chi connectivity index (χ1) is 9.71. The van der Waals surface area contributed by atoms with Crippen LogP contribution in [0.1, 0.15) is 53.4 Å². The first-order valence-corrected chi connectivity index (χ1v) is 8.62. The number of ether oxygens (including phenoxy) is 1. The van der Waals surface area contributed by atoms with Crippen LogP contribution in [0.25, 0.3) is 0 Å². The lowest BCUT2D eigenvalue weighted by atomic mass is 9.61. The minimum Gasteiger partial charge on any atom is -0.460 e. The van der Waals surface area contributed by atoms with E-state index < -0.39 is 5.60 Å². The van der Waals surface area contributed by atoms with Crippen molar-refractivity contribution in [2.45, 2.75) is 65.1 Å². The van der Waals surface area contributed by atoms with Crippen molar-refractivity contribution in [1.29, 1.82) is 0 Å². The Labute approximate surface area is 127 Å². The van der Waals surface area contributed by atoms with Gasteiger partial charge in [0, 0.05) is 0 Å². The molecule has 4 rings (SSSR count). The molecule has 4 bridgehead atoms. The van der Waals surface area contributed by atoms with Gasteiger partial charge in [-0.1, -0.05) is 0 Å². The Kier molecular flexibility index (Phi) is 2.70. The molecule has 4 fully saturated rings. The topological polar surface area (TPSA) is 46.5 Å². The predicted molar refractivity (Wildman–Crippen MR) is 79.4 cm³/mol. The van der Waals surface area contributed by atoms with Crippen LogP contribution in [-0.4, -0.2) is 22.8 Å². The molecule has 8 atom stereocenters. The van der Waals surface area contributed by atoms with Crippen molar-refractivity contribution >= 4 is 5.97 Å². The molecule has 3 heteroatoms. The van der Waals surface area contributed by atoms with E-state index in [1.807, 2.05) is 20.8 Å². The van der Waals surface area contributed by atoms with Crippen molar-refractivity contribution in [2.24, 2.45) is 40.9 Å². The molecular weight excluding hydrogens is 264 g/mol. The van der Waals surface area contributed by atoms with E-state index in [2.05, 4.69) is 6.92 Å². The third-order valence-electron chi connectivity index (χ3n) is 7.03. The second-order valence-electron chi connectivity index (χ2n) is 9.34. The molecule has 4 aliphatic rings. The number of carbonyl (C=O) groups excluding carboxylic acids is 1. The zero-order valence-corrected chi connectivity index (χ0v) is 13.6. The summed E-state index contributed by atoms with van der Waals surface area (Å²) in [7, 11) is 0. The summed E-state index contributed by atoms with van der Waals surface area (Å²) in [5.41, 5.74) is -0.723. The third kappa shape index (κ3) is 1.79. The van der Waals surface area contributed by atoms with Crippen molar-refractivity contribution in [1.82, 2.24) is 0 Å². The zero-order chi connectivity index (χ0) is 15.2. The number of aliphatic hydroxyl groups excluding tert-OH is 1. The molecule has 0 heterocycles. The fraction of sp³-hybridized carbons (Fsp3) is 0.944. The zero-order valence-electron chi connectivity index (χ0n) is 13.6. The summed E-state index contributed by atoms with van der Waals surface area (Å²) in [4.78, 5) is 12.8. The number of carbonyl (C=O) groups is 1. The maximum atomic E-state index is 12.8. The Bertz CT molecular complexity index is 479. The molecule has 0 spiro atoms. The Morgan fingerprint density at radius 1 is 1.14 bits per heavy atom. The molecule has 0 aliphatic heterocycles. The van der Waals surface area contributed by atoms with Gasteiger partial charge in [0.1, 0.15) is 5.60 Å². The maximum absolute atomic E-state index is 12.8. The standard InChI is InChI=1S/C18H28O3/c1-17(2,3)21-16(20)18(4)8-10-6-12(18)15-11-5-9(14(10)15)7-13(11)19/h9-15,19H,5-8H2,1-4H3/t9-,10-,11+,12-,13+,14-,15+,18+/m0/s1. The lowest BCUT2D eigenvalue weighted by molar-refractivity contribution is -0.173. The predicted octanol–water partition coefficient (Wildman–Crippen LogP) is 3.01. The molecule has 118 valence electrons. The van der Waals surface area contributed by atoms with Gasteiger partial charge in [-0.05, 0) is 88.9 Å². The number of aliphatic hydroxyl groups is 1. The summed E-state index contributed by atoms with van der Waals surface area (Å²) in [6.45, 7) is 7.98. The summed E-state index contributed by atoms with van der Waals surface area (Å²) in [5.74, 6) is 3.68. The van der Waals surface area contributed by atoms with Crippen LogP contribution in [0, 0.1) is 40.9 Å². The highest BCUT2D eigenvalue weighted by Crippen LogP contribution is 2.72. The van der Waals surface area contributed by atoms with E-state index in [0.29, 0.717) is 23.7 Å². The highest BCUT2D eigenvalue weighted by atomic mass is 16.6. The van der Waals surface area contributed by atoms with Crippen LogP contribution in [0.4, 0.5) is 0 Å². The van der Waals surface area contributed by atoms with Crippen LogP contribution in [-0.2, 0) is 9.53 Å². The third-order valence-corrected chi connectivity index (χ3v) is 7.03. The minimum atomic E-state index is -0.407. The van der Waals surface area contributed by atoms with Gasteiger partial charge in [0.2, 0.25) is 0 Å². The Balaban J connectivity index is 1.60. The SMILES string of the molecule is CC(C)(C)OC(=O)[C@]1(C)C[C@@H]2C[C@H]1[C@H]1[C@@H]3C[C@@H](C[C@H]3O)[C@@H]21. The molecule has 0 saturated heterocycles. The number of rotatable bonds is 1.